The second-order valence-corrected chi connectivity index (χ2v) is 6.55. The van der Waals surface area contributed by atoms with Crippen LogP contribution in [0.3, 0.4) is 0 Å². The summed E-state index contributed by atoms with van der Waals surface area (Å²) in [6.07, 6.45) is 2.10. The predicted molar refractivity (Wildman–Crippen MR) is 105 cm³/mol. The van der Waals surface area contributed by atoms with Gasteiger partial charge in [0.25, 0.3) is 0 Å². The lowest BCUT2D eigenvalue weighted by Crippen LogP contribution is -2.25. The maximum atomic E-state index is 14.6. The van der Waals surface area contributed by atoms with E-state index in [0.29, 0.717) is 34.6 Å². The Morgan fingerprint density at radius 1 is 1.14 bits per heavy atom. The smallest absolute Gasteiger partial charge is 0.226 e. The molecule has 0 aliphatic carbocycles. The summed E-state index contributed by atoms with van der Waals surface area (Å²) < 4.78 is 19.6. The molecule has 0 saturated carbocycles. The van der Waals surface area contributed by atoms with Gasteiger partial charge in [-0.25, -0.2) is 4.39 Å². The van der Waals surface area contributed by atoms with Crippen molar-refractivity contribution < 1.29 is 18.5 Å². The van der Waals surface area contributed by atoms with Crippen LogP contribution in [0.25, 0.3) is 11.1 Å². The van der Waals surface area contributed by atoms with Crippen molar-refractivity contribution in [2.45, 2.75) is 26.7 Å². The summed E-state index contributed by atoms with van der Waals surface area (Å²) in [4.78, 5) is 25.6. The van der Waals surface area contributed by atoms with E-state index in [0.717, 1.165) is 5.56 Å². The number of rotatable bonds is 6. The lowest BCUT2D eigenvalue weighted by molar-refractivity contribution is -0.118. The van der Waals surface area contributed by atoms with Gasteiger partial charge in [-0.3, -0.25) is 9.59 Å². The number of carbonyl (C=O) groups is 2. The molecule has 1 aromatic heterocycles. The van der Waals surface area contributed by atoms with Crippen LogP contribution in [-0.4, -0.2) is 23.9 Å². The first-order chi connectivity index (χ1) is 13.4. The summed E-state index contributed by atoms with van der Waals surface area (Å²) in [6.45, 7) is 3.52. The molecular weight excluding hydrogens is 359 g/mol. The normalized spacial score (nSPS) is 10.7. The van der Waals surface area contributed by atoms with Gasteiger partial charge < -0.3 is 9.42 Å². The largest absolute Gasteiger partial charge is 0.361 e. The van der Waals surface area contributed by atoms with Gasteiger partial charge in [-0.2, -0.15) is 0 Å². The van der Waals surface area contributed by atoms with Gasteiger partial charge in [-0.15, -0.1) is 0 Å². The van der Waals surface area contributed by atoms with Crippen LogP contribution >= 0.6 is 0 Å². The molecule has 3 aromatic rings. The van der Waals surface area contributed by atoms with Gasteiger partial charge in [0, 0.05) is 42.3 Å². The third kappa shape index (κ3) is 4.01. The summed E-state index contributed by atoms with van der Waals surface area (Å²) in [6, 6.07) is 11.5. The molecule has 2 aromatic carbocycles. The van der Waals surface area contributed by atoms with E-state index in [1.54, 1.807) is 63.5 Å². The van der Waals surface area contributed by atoms with Gasteiger partial charge in [0.1, 0.15) is 11.6 Å². The van der Waals surface area contributed by atoms with E-state index in [-0.39, 0.29) is 18.1 Å². The number of carbonyl (C=O) groups excluding carboxylic acids is 2. The molecule has 0 N–H and O–H groups in total. The van der Waals surface area contributed by atoms with Crippen LogP contribution in [0.15, 0.2) is 53.2 Å². The van der Waals surface area contributed by atoms with Crippen LogP contribution in [0.4, 0.5) is 10.1 Å². The fourth-order valence-corrected chi connectivity index (χ4v) is 2.93. The van der Waals surface area contributed by atoms with Crippen molar-refractivity contribution in [3.05, 3.63) is 71.4 Å². The number of ketones is 1. The average molecular weight is 380 g/mol. The van der Waals surface area contributed by atoms with Crippen molar-refractivity contribution in [2.24, 2.45) is 0 Å². The van der Waals surface area contributed by atoms with Crippen molar-refractivity contribution in [2.75, 3.05) is 11.9 Å². The number of nitrogens with zero attached hydrogens (tertiary/aromatic N) is 2. The van der Waals surface area contributed by atoms with E-state index in [2.05, 4.69) is 5.16 Å². The molecule has 0 radical (unpaired) electrons. The number of hydrogen-bond donors (Lipinski definition) is 0. The fourth-order valence-electron chi connectivity index (χ4n) is 2.93. The summed E-state index contributed by atoms with van der Waals surface area (Å²) in [5, 5.41) is 3.67. The maximum absolute atomic E-state index is 14.6. The molecule has 6 heteroatoms. The summed E-state index contributed by atoms with van der Waals surface area (Å²) in [5.41, 5.74) is 2.86. The second-order valence-electron chi connectivity index (χ2n) is 6.55. The van der Waals surface area contributed by atoms with E-state index >= 15 is 0 Å². The monoisotopic (exact) mass is 380 g/mol. The summed E-state index contributed by atoms with van der Waals surface area (Å²) in [5.74, 6) is 0.0533. The van der Waals surface area contributed by atoms with Crippen LogP contribution < -0.4 is 4.90 Å². The maximum Gasteiger partial charge on any atom is 0.226 e. The number of aryl methyl sites for hydroxylation is 1. The quantitative estimate of drug-likeness (QED) is 0.587. The van der Waals surface area contributed by atoms with Gasteiger partial charge in [0.15, 0.2) is 5.78 Å². The van der Waals surface area contributed by atoms with Crippen LogP contribution in [0.1, 0.15) is 35.0 Å². The standard InChI is InChI=1S/C22H21FN2O3/c1-4-22(27)25(3)18-9-10-19(20(23)12-18)15-5-7-16(8-6-15)21(26)11-17-13-24-28-14(17)2/h5-10,12-13H,4,11H2,1-3H3. The van der Waals surface area contributed by atoms with Gasteiger partial charge in [0.05, 0.1) is 6.20 Å². The molecule has 0 bridgehead atoms. The Kier molecular flexibility index (Phi) is 5.68. The minimum Gasteiger partial charge on any atom is -0.361 e. The molecule has 0 aliphatic heterocycles. The van der Waals surface area contributed by atoms with Crippen LogP contribution in [0, 0.1) is 12.7 Å². The number of aromatic nitrogens is 1. The third-order valence-corrected chi connectivity index (χ3v) is 4.74. The van der Waals surface area contributed by atoms with E-state index < -0.39 is 5.82 Å². The molecule has 3 rings (SSSR count). The third-order valence-electron chi connectivity index (χ3n) is 4.74. The first-order valence-corrected chi connectivity index (χ1v) is 9.00. The first-order valence-electron chi connectivity index (χ1n) is 9.00. The van der Waals surface area contributed by atoms with Gasteiger partial charge in [0.2, 0.25) is 5.91 Å². The van der Waals surface area contributed by atoms with Crippen molar-refractivity contribution in [3.8, 4) is 11.1 Å². The highest BCUT2D eigenvalue weighted by Gasteiger charge is 2.14. The zero-order valence-corrected chi connectivity index (χ0v) is 16.0. The van der Waals surface area contributed by atoms with Crippen LogP contribution in [0.5, 0.6) is 0 Å². The lowest BCUT2D eigenvalue weighted by atomic mass is 9.99. The van der Waals surface area contributed by atoms with Crippen molar-refractivity contribution in [1.82, 2.24) is 5.16 Å². The Hall–Kier alpha value is -3.28. The SMILES string of the molecule is CCC(=O)N(C)c1ccc(-c2ccc(C(=O)Cc3cnoc3C)cc2)c(F)c1. The first kappa shape index (κ1) is 19.5. The Bertz CT molecular complexity index is 1010. The number of benzene rings is 2. The minimum atomic E-state index is -0.424. The number of hydrogen-bond acceptors (Lipinski definition) is 4. The minimum absolute atomic E-state index is 0.0617. The van der Waals surface area contributed by atoms with Crippen LogP contribution in [0.2, 0.25) is 0 Å². The molecule has 0 fully saturated rings. The van der Waals surface area contributed by atoms with Crippen molar-refractivity contribution in [3.63, 3.8) is 0 Å². The summed E-state index contributed by atoms with van der Waals surface area (Å²) in [7, 11) is 1.62. The Balaban J connectivity index is 1.78. The molecule has 1 amide bonds. The number of Topliss-reactive ketones (excluding diaryl/α,β-unsaturated/α-hetero) is 1. The number of amides is 1. The molecule has 144 valence electrons. The van der Waals surface area contributed by atoms with Gasteiger partial charge in [-0.1, -0.05) is 36.3 Å². The van der Waals surface area contributed by atoms with E-state index in [4.69, 9.17) is 4.52 Å². The summed E-state index contributed by atoms with van der Waals surface area (Å²) >= 11 is 0. The van der Waals surface area contributed by atoms with Crippen molar-refractivity contribution >= 4 is 17.4 Å². The molecular formula is C22H21FN2O3. The number of halogens is 1. The highest BCUT2D eigenvalue weighted by atomic mass is 19.1. The van der Waals surface area contributed by atoms with Gasteiger partial charge >= 0.3 is 0 Å². The second kappa shape index (κ2) is 8.17. The Morgan fingerprint density at radius 2 is 1.86 bits per heavy atom. The molecule has 0 spiro atoms. The van der Waals surface area contributed by atoms with E-state index in [1.165, 1.54) is 11.0 Å². The zero-order chi connectivity index (χ0) is 20.3. The highest BCUT2D eigenvalue weighted by Crippen LogP contribution is 2.27. The molecule has 1 heterocycles. The average Bonchev–Trinajstić information content (AvgIpc) is 3.11. The van der Waals surface area contributed by atoms with Gasteiger partial charge in [-0.05, 0) is 30.7 Å². The molecule has 0 atom stereocenters. The highest BCUT2D eigenvalue weighted by molar-refractivity contribution is 5.98. The molecule has 0 aliphatic rings. The van der Waals surface area contributed by atoms with Crippen LogP contribution in [-0.2, 0) is 11.2 Å². The molecule has 28 heavy (non-hydrogen) atoms. The molecule has 0 saturated heterocycles. The Morgan fingerprint density at radius 3 is 2.43 bits per heavy atom. The zero-order valence-electron chi connectivity index (χ0n) is 16.0. The predicted octanol–water partition coefficient (Wildman–Crippen LogP) is 4.59. The fraction of sp³-hybridized carbons (Fsp3) is 0.227. The van der Waals surface area contributed by atoms with E-state index in [1.807, 2.05) is 0 Å². The number of anilines is 1. The Labute approximate surface area is 162 Å². The molecule has 0 unspecified atom stereocenters. The topological polar surface area (TPSA) is 63.4 Å². The van der Waals surface area contributed by atoms with Crippen molar-refractivity contribution in [1.29, 1.82) is 0 Å². The lowest BCUT2D eigenvalue weighted by Gasteiger charge is -2.17. The molecule has 5 nitrogen and oxygen atoms in total. The van der Waals surface area contributed by atoms with E-state index in [9.17, 15) is 14.0 Å².